The van der Waals surface area contributed by atoms with Crippen LogP contribution < -0.4 is 11.1 Å². The monoisotopic (exact) mass is 582 g/mol. The third-order valence-corrected chi connectivity index (χ3v) is 7.84. The van der Waals surface area contributed by atoms with Gasteiger partial charge in [0.25, 0.3) is 11.8 Å². The van der Waals surface area contributed by atoms with Crippen molar-refractivity contribution in [1.29, 1.82) is 0 Å². The molecule has 5 N–H and O–H groups in total. The maximum Gasteiger partial charge on any atom is 0.352 e. The van der Waals surface area contributed by atoms with Gasteiger partial charge in [-0.3, -0.25) is 19.3 Å². The number of nitrogens with zero attached hydrogens (tertiary/aromatic N) is 8. The van der Waals surface area contributed by atoms with Crippen LogP contribution in [0.25, 0.3) is 0 Å². The highest BCUT2D eigenvalue weighted by molar-refractivity contribution is 8.01. The molecule has 2 aliphatic heterocycles. The second-order valence-electron chi connectivity index (χ2n) is 7.40. The summed E-state index contributed by atoms with van der Waals surface area (Å²) in [6.45, 7) is 3.03. The molecule has 38 heavy (non-hydrogen) atoms. The van der Waals surface area contributed by atoms with Gasteiger partial charge in [0, 0.05) is 23.0 Å². The third kappa shape index (κ3) is 5.60. The SMILES string of the molecule is C=CCON=C(C(=O)NC1C(=O)N2C(C(=O)O)=C(CSc3nnnn3CC(=O)O)CS[C@@H]12)c1nsc(N)n1. The molecule has 20 heteroatoms. The van der Waals surface area contributed by atoms with Gasteiger partial charge in [-0.2, -0.15) is 9.36 Å². The molecule has 2 aromatic rings. The zero-order chi connectivity index (χ0) is 27.4. The number of hydrogen-bond donors (Lipinski definition) is 4. The van der Waals surface area contributed by atoms with Crippen molar-refractivity contribution in [2.24, 2.45) is 5.16 Å². The molecule has 0 bridgehead atoms. The molecule has 0 aromatic carbocycles. The summed E-state index contributed by atoms with van der Waals surface area (Å²) >= 11 is 3.13. The highest BCUT2D eigenvalue weighted by Gasteiger charge is 2.54. The minimum absolute atomic E-state index is 0.00124. The molecule has 4 heterocycles. The molecule has 0 saturated carbocycles. The number of carbonyl (C=O) groups excluding carboxylic acids is 2. The molecular weight excluding hydrogens is 564 g/mol. The van der Waals surface area contributed by atoms with Gasteiger partial charge in [0.2, 0.25) is 16.7 Å². The molecule has 1 unspecified atom stereocenters. The number of β-lactam (4-membered cyclic amide) rings is 1. The molecular formula is C18H18N10O7S3. The van der Waals surface area contributed by atoms with Crippen molar-refractivity contribution in [2.75, 3.05) is 23.8 Å². The molecule has 4 rings (SSSR count). The number of aromatic nitrogens is 6. The number of hydrogen-bond acceptors (Lipinski definition) is 15. The first-order valence-corrected chi connectivity index (χ1v) is 13.2. The molecule has 17 nitrogen and oxygen atoms in total. The van der Waals surface area contributed by atoms with Crippen LogP contribution in [-0.2, 0) is 30.6 Å². The number of rotatable bonds is 12. The number of fused-ring (bicyclic) bond motifs is 1. The predicted molar refractivity (Wildman–Crippen MR) is 133 cm³/mol. The van der Waals surface area contributed by atoms with Gasteiger partial charge in [-0.05, 0) is 16.0 Å². The number of nitrogens with one attached hydrogen (secondary N) is 1. The van der Waals surface area contributed by atoms with Gasteiger partial charge in [0.05, 0.1) is 0 Å². The Labute approximate surface area is 225 Å². The molecule has 2 atom stereocenters. The van der Waals surface area contributed by atoms with E-state index < -0.39 is 41.7 Å². The number of oxime groups is 1. The number of carboxylic acids is 2. The Kier molecular flexibility index (Phi) is 8.22. The number of tetrazole rings is 1. The fraction of sp³-hybridized carbons (Fsp3) is 0.333. The lowest BCUT2D eigenvalue weighted by Crippen LogP contribution is -2.71. The standard InChI is InChI=1S/C18H18N10O7S3/c1-2-3-35-23-9(12-21-17(19)38-24-12)13(31)20-10-14(32)28-11(16(33)34)7(5-36-15(10)28)6-37-18-22-25-26-27(18)4-8(29)30/h2,10,15H,1,3-6H2,(H,20,31)(H,29,30)(H,33,34)(H2,19,21,24)/t10?,15-/m0/s1. The summed E-state index contributed by atoms with van der Waals surface area (Å²) in [6.07, 6.45) is 1.41. The van der Waals surface area contributed by atoms with Crippen molar-refractivity contribution in [2.45, 2.75) is 23.1 Å². The number of amides is 2. The lowest BCUT2D eigenvalue weighted by molar-refractivity contribution is -0.150. The second kappa shape index (κ2) is 11.6. The van der Waals surface area contributed by atoms with Crippen LogP contribution in [0.5, 0.6) is 0 Å². The lowest BCUT2D eigenvalue weighted by atomic mass is 10.0. The van der Waals surface area contributed by atoms with Crippen LogP contribution >= 0.6 is 35.1 Å². The van der Waals surface area contributed by atoms with Crippen LogP contribution in [0.1, 0.15) is 5.82 Å². The van der Waals surface area contributed by atoms with Gasteiger partial charge < -0.3 is 26.1 Å². The average Bonchev–Trinajstić information content (AvgIpc) is 3.50. The number of carbonyl (C=O) groups is 4. The van der Waals surface area contributed by atoms with E-state index in [-0.39, 0.29) is 45.6 Å². The Morgan fingerprint density at radius 1 is 1.37 bits per heavy atom. The highest BCUT2D eigenvalue weighted by Crippen LogP contribution is 2.41. The van der Waals surface area contributed by atoms with E-state index in [4.69, 9.17) is 15.7 Å². The van der Waals surface area contributed by atoms with Crippen LogP contribution in [0, 0.1) is 0 Å². The van der Waals surface area contributed by atoms with Crippen molar-refractivity contribution in [3.63, 3.8) is 0 Å². The van der Waals surface area contributed by atoms with Gasteiger partial charge in [-0.25, -0.2) is 9.48 Å². The second-order valence-corrected chi connectivity index (χ2v) is 10.2. The number of anilines is 1. The van der Waals surface area contributed by atoms with Gasteiger partial charge in [-0.1, -0.05) is 29.6 Å². The molecule has 200 valence electrons. The van der Waals surface area contributed by atoms with Crippen molar-refractivity contribution >= 4 is 69.7 Å². The van der Waals surface area contributed by atoms with Gasteiger partial charge in [0.1, 0.15) is 30.3 Å². The zero-order valence-electron chi connectivity index (χ0n) is 19.1. The van der Waals surface area contributed by atoms with E-state index >= 15 is 0 Å². The van der Waals surface area contributed by atoms with Crippen molar-refractivity contribution < 1.29 is 34.2 Å². The Morgan fingerprint density at radius 3 is 2.82 bits per heavy atom. The van der Waals surface area contributed by atoms with Crippen LogP contribution in [0.3, 0.4) is 0 Å². The molecule has 1 fully saturated rings. The summed E-state index contributed by atoms with van der Waals surface area (Å²) in [4.78, 5) is 59.0. The smallest absolute Gasteiger partial charge is 0.352 e. The summed E-state index contributed by atoms with van der Waals surface area (Å²) in [5, 5.41) is 35.5. The van der Waals surface area contributed by atoms with Gasteiger partial charge >= 0.3 is 11.9 Å². The van der Waals surface area contributed by atoms with E-state index in [1.54, 1.807) is 0 Å². The minimum atomic E-state index is -1.32. The highest BCUT2D eigenvalue weighted by atomic mass is 32.2. The molecule has 2 aliphatic rings. The Hall–Kier alpha value is -4.04. The first kappa shape index (κ1) is 27.0. The fourth-order valence-electron chi connectivity index (χ4n) is 3.35. The van der Waals surface area contributed by atoms with Crippen molar-refractivity contribution in [3.05, 3.63) is 29.7 Å². The Bertz CT molecular complexity index is 1360. The first-order valence-electron chi connectivity index (χ1n) is 10.4. The number of nitrogen functional groups attached to an aromatic ring is 1. The maximum absolute atomic E-state index is 13.0. The van der Waals surface area contributed by atoms with E-state index in [0.29, 0.717) is 5.57 Å². The number of thioether (sulfide) groups is 2. The van der Waals surface area contributed by atoms with E-state index in [2.05, 4.69) is 41.9 Å². The third-order valence-electron chi connectivity index (χ3n) is 4.91. The molecule has 2 amide bonds. The zero-order valence-corrected chi connectivity index (χ0v) is 21.5. The molecule has 0 aliphatic carbocycles. The Balaban J connectivity index is 1.48. The van der Waals surface area contributed by atoms with Crippen molar-refractivity contribution in [1.82, 2.24) is 39.8 Å². The largest absolute Gasteiger partial charge is 0.480 e. The van der Waals surface area contributed by atoms with E-state index in [9.17, 15) is 24.3 Å². The van der Waals surface area contributed by atoms with Gasteiger partial charge in [0.15, 0.2) is 5.13 Å². The number of carboxylic acid groups (broad SMARTS) is 2. The minimum Gasteiger partial charge on any atom is -0.480 e. The summed E-state index contributed by atoms with van der Waals surface area (Å²) < 4.78 is 5.01. The topological polar surface area (TPSA) is 241 Å². The van der Waals surface area contributed by atoms with Crippen LogP contribution in [-0.4, -0.2) is 104 Å². The van der Waals surface area contributed by atoms with Crippen LogP contribution in [0.2, 0.25) is 0 Å². The van der Waals surface area contributed by atoms with Crippen LogP contribution in [0.4, 0.5) is 5.13 Å². The quantitative estimate of drug-likeness (QED) is 0.0563. The van der Waals surface area contributed by atoms with Crippen molar-refractivity contribution in [3.8, 4) is 0 Å². The first-order chi connectivity index (χ1) is 18.2. The van der Waals surface area contributed by atoms with E-state index in [1.165, 1.54) is 17.8 Å². The molecule has 0 spiro atoms. The van der Waals surface area contributed by atoms with E-state index in [0.717, 1.165) is 32.9 Å². The summed E-state index contributed by atoms with van der Waals surface area (Å²) in [5.74, 6) is -3.68. The lowest BCUT2D eigenvalue weighted by Gasteiger charge is -2.49. The molecule has 2 aromatic heterocycles. The Morgan fingerprint density at radius 2 is 2.16 bits per heavy atom. The number of nitrogens with two attached hydrogens (primary N) is 1. The van der Waals surface area contributed by atoms with E-state index in [1.807, 2.05) is 0 Å². The molecule has 1 saturated heterocycles. The average molecular weight is 583 g/mol. The van der Waals surface area contributed by atoms with Crippen LogP contribution in [0.15, 0.2) is 34.2 Å². The predicted octanol–water partition coefficient (Wildman–Crippen LogP) is -1.37. The summed E-state index contributed by atoms with van der Waals surface area (Å²) in [7, 11) is 0. The van der Waals surface area contributed by atoms with Gasteiger partial charge in [-0.15, -0.1) is 16.9 Å². The summed E-state index contributed by atoms with van der Waals surface area (Å²) in [6, 6.07) is -1.04. The fourth-order valence-corrected chi connectivity index (χ4v) is 6.15. The molecule has 0 radical (unpaired) electrons. The number of aliphatic carboxylic acids is 2. The maximum atomic E-state index is 13.0. The normalized spacial score (nSPS) is 19.0. The summed E-state index contributed by atoms with van der Waals surface area (Å²) in [5.41, 5.74) is 5.48.